The van der Waals surface area contributed by atoms with Crippen molar-refractivity contribution < 1.29 is 18.3 Å². The fraction of sp³-hybridized carbons (Fsp3) is 0.300. The Labute approximate surface area is 110 Å². The summed E-state index contributed by atoms with van der Waals surface area (Å²) in [5.74, 6) is -0.871. The molecule has 7 heteroatoms. The number of esters is 1. The van der Waals surface area contributed by atoms with Gasteiger partial charge in [0.1, 0.15) is 9.77 Å². The number of alkyl halides is 2. The molecule has 0 amide bonds. The summed E-state index contributed by atoms with van der Waals surface area (Å²) in [7, 11) is 0. The Balaban J connectivity index is 3.39. The minimum Gasteiger partial charge on any atom is -0.461 e. The van der Waals surface area contributed by atoms with Crippen molar-refractivity contribution in [3.63, 3.8) is 0 Å². The van der Waals surface area contributed by atoms with E-state index < -0.39 is 23.5 Å². The number of halogens is 3. The molecule has 0 atom stereocenters. The second-order valence-electron chi connectivity index (χ2n) is 2.89. The zero-order valence-corrected chi connectivity index (χ0v) is 10.9. The Kier molecular flexibility index (Phi) is 4.74. The molecule has 1 aromatic heterocycles. The third-order valence-electron chi connectivity index (χ3n) is 1.83. The van der Waals surface area contributed by atoms with Crippen LogP contribution in [0.5, 0.6) is 0 Å². The van der Waals surface area contributed by atoms with Crippen LogP contribution in [0.4, 0.5) is 8.78 Å². The highest BCUT2D eigenvalue weighted by atomic mass is 127. The van der Waals surface area contributed by atoms with Gasteiger partial charge < -0.3 is 4.74 Å². The van der Waals surface area contributed by atoms with Gasteiger partial charge in [0.25, 0.3) is 6.43 Å². The number of aromatic nitrogens is 1. The van der Waals surface area contributed by atoms with Gasteiger partial charge in [-0.3, -0.25) is 0 Å². The molecular formula is C10H7F2IN2O2. The van der Waals surface area contributed by atoms with Crippen LogP contribution in [0.1, 0.15) is 35.0 Å². The van der Waals surface area contributed by atoms with Gasteiger partial charge in [-0.1, -0.05) is 0 Å². The van der Waals surface area contributed by atoms with Crippen LogP contribution in [0.3, 0.4) is 0 Å². The lowest BCUT2D eigenvalue weighted by Crippen LogP contribution is -2.12. The molecule has 17 heavy (non-hydrogen) atoms. The predicted molar refractivity (Wildman–Crippen MR) is 62.6 cm³/mol. The molecule has 0 radical (unpaired) electrons. The highest BCUT2D eigenvalue weighted by molar-refractivity contribution is 14.1. The lowest BCUT2D eigenvalue weighted by molar-refractivity contribution is 0.0518. The Morgan fingerprint density at radius 3 is 2.82 bits per heavy atom. The van der Waals surface area contributed by atoms with Gasteiger partial charge in [0.2, 0.25) is 0 Å². The van der Waals surface area contributed by atoms with E-state index in [0.29, 0.717) is 0 Å². The summed E-state index contributed by atoms with van der Waals surface area (Å²) in [6.45, 7) is 1.66. The molecule has 4 nitrogen and oxygen atoms in total. The van der Waals surface area contributed by atoms with Crippen molar-refractivity contribution in [1.29, 1.82) is 5.26 Å². The Bertz CT molecular complexity index is 486. The largest absolute Gasteiger partial charge is 0.461 e. The number of carbonyl (C=O) groups excluding carboxylic acids is 1. The predicted octanol–water partition coefficient (Wildman–Crippen LogP) is 2.67. The molecule has 0 fully saturated rings. The average Bonchev–Trinajstić information content (AvgIpc) is 2.28. The van der Waals surface area contributed by atoms with Crippen LogP contribution >= 0.6 is 22.6 Å². The van der Waals surface area contributed by atoms with Crippen LogP contribution in [-0.2, 0) is 4.74 Å². The van der Waals surface area contributed by atoms with Gasteiger partial charge in [-0.2, -0.15) is 5.26 Å². The molecule has 1 rings (SSSR count). The van der Waals surface area contributed by atoms with E-state index in [1.54, 1.807) is 35.6 Å². The molecule has 0 bridgehead atoms. The molecule has 90 valence electrons. The zero-order valence-electron chi connectivity index (χ0n) is 8.71. The fourth-order valence-electron chi connectivity index (χ4n) is 1.17. The molecule has 0 N–H and O–H groups in total. The maximum absolute atomic E-state index is 12.7. The van der Waals surface area contributed by atoms with Crippen LogP contribution in [0, 0.1) is 15.0 Å². The van der Waals surface area contributed by atoms with Gasteiger partial charge in [-0.15, -0.1) is 0 Å². The van der Waals surface area contributed by atoms with Gasteiger partial charge in [0.05, 0.1) is 12.2 Å². The van der Waals surface area contributed by atoms with Crippen molar-refractivity contribution in [2.24, 2.45) is 0 Å². The molecule has 1 heterocycles. The van der Waals surface area contributed by atoms with E-state index in [1.807, 2.05) is 0 Å². The summed E-state index contributed by atoms with van der Waals surface area (Å²) in [5.41, 5.74) is -1.30. The average molecular weight is 352 g/mol. The first-order valence-electron chi connectivity index (χ1n) is 4.57. The van der Waals surface area contributed by atoms with Gasteiger partial charge in [0, 0.05) is 5.56 Å². The van der Waals surface area contributed by atoms with Gasteiger partial charge in [-0.05, 0) is 35.6 Å². The zero-order chi connectivity index (χ0) is 13.0. The van der Waals surface area contributed by atoms with E-state index in [2.05, 4.69) is 9.72 Å². The summed E-state index contributed by atoms with van der Waals surface area (Å²) in [5, 5.41) is 8.82. The third kappa shape index (κ3) is 3.09. The smallest absolute Gasteiger partial charge is 0.358 e. The first-order valence-corrected chi connectivity index (χ1v) is 5.65. The number of pyridine rings is 1. The van der Waals surface area contributed by atoms with E-state index in [0.717, 1.165) is 6.07 Å². The molecule has 0 aliphatic rings. The van der Waals surface area contributed by atoms with E-state index >= 15 is 0 Å². The summed E-state index contributed by atoms with van der Waals surface area (Å²) in [4.78, 5) is 15.2. The number of nitrogens with zero attached hydrogens (tertiary/aromatic N) is 2. The van der Waals surface area contributed by atoms with E-state index in [4.69, 9.17) is 5.26 Å². The van der Waals surface area contributed by atoms with Crippen LogP contribution < -0.4 is 0 Å². The first kappa shape index (κ1) is 13.8. The number of nitriles is 1. The molecule has 0 saturated heterocycles. The summed E-state index contributed by atoms with van der Waals surface area (Å²) in [6, 6.07) is 2.64. The second kappa shape index (κ2) is 5.86. The maximum atomic E-state index is 12.7. The molecule has 0 saturated carbocycles. The molecule has 1 aromatic rings. The van der Waals surface area contributed by atoms with Crippen molar-refractivity contribution in [1.82, 2.24) is 4.98 Å². The van der Waals surface area contributed by atoms with Crippen molar-refractivity contribution in [3.05, 3.63) is 26.6 Å². The van der Waals surface area contributed by atoms with Crippen molar-refractivity contribution in [2.45, 2.75) is 13.3 Å². The molecule has 0 unspecified atom stereocenters. The summed E-state index contributed by atoms with van der Waals surface area (Å²) >= 11 is 1.70. The Hall–Kier alpha value is -1.30. The number of ether oxygens (including phenoxy) is 1. The number of hydrogen-bond donors (Lipinski definition) is 0. The van der Waals surface area contributed by atoms with Crippen LogP contribution in [-0.4, -0.2) is 17.6 Å². The van der Waals surface area contributed by atoms with Crippen molar-refractivity contribution in [2.75, 3.05) is 6.61 Å². The highest BCUT2D eigenvalue weighted by Gasteiger charge is 2.23. The fourth-order valence-corrected chi connectivity index (χ4v) is 1.75. The SMILES string of the molecule is CCOC(=O)c1nc(I)cc(C(F)F)c1C#N. The summed E-state index contributed by atoms with van der Waals surface area (Å²) in [6.07, 6.45) is -2.84. The van der Waals surface area contributed by atoms with Crippen molar-refractivity contribution in [3.8, 4) is 6.07 Å². The van der Waals surface area contributed by atoms with Crippen molar-refractivity contribution >= 4 is 28.6 Å². The summed E-state index contributed by atoms with van der Waals surface area (Å²) < 4.78 is 30.2. The van der Waals surface area contributed by atoms with E-state index in [-0.39, 0.29) is 16.0 Å². The quantitative estimate of drug-likeness (QED) is 0.477. The third-order valence-corrected chi connectivity index (χ3v) is 2.39. The van der Waals surface area contributed by atoms with E-state index in [9.17, 15) is 13.6 Å². The van der Waals surface area contributed by atoms with Gasteiger partial charge >= 0.3 is 5.97 Å². The topological polar surface area (TPSA) is 63.0 Å². The first-order chi connectivity index (χ1) is 8.01. The Morgan fingerprint density at radius 2 is 2.35 bits per heavy atom. The molecule has 0 aliphatic heterocycles. The van der Waals surface area contributed by atoms with Crippen LogP contribution in [0.2, 0.25) is 0 Å². The molecule has 0 spiro atoms. The molecule has 0 aromatic carbocycles. The number of hydrogen-bond acceptors (Lipinski definition) is 4. The van der Waals surface area contributed by atoms with E-state index in [1.165, 1.54) is 0 Å². The van der Waals surface area contributed by atoms with Gasteiger partial charge in [-0.25, -0.2) is 18.6 Å². The normalized spacial score (nSPS) is 10.1. The minimum atomic E-state index is -2.84. The van der Waals surface area contributed by atoms with Crippen LogP contribution in [0.25, 0.3) is 0 Å². The highest BCUT2D eigenvalue weighted by Crippen LogP contribution is 2.26. The Morgan fingerprint density at radius 1 is 1.71 bits per heavy atom. The monoisotopic (exact) mass is 352 g/mol. The molecular weight excluding hydrogens is 345 g/mol. The standard InChI is InChI=1S/C10H7F2IN2O2/c1-2-17-10(16)8-6(4-14)5(9(11)12)3-7(13)15-8/h3,9H,2H2,1H3. The molecule has 0 aliphatic carbocycles. The maximum Gasteiger partial charge on any atom is 0.358 e. The van der Waals surface area contributed by atoms with Crippen LogP contribution in [0.15, 0.2) is 6.07 Å². The lowest BCUT2D eigenvalue weighted by Gasteiger charge is -2.08. The number of carbonyl (C=O) groups is 1. The van der Waals surface area contributed by atoms with Gasteiger partial charge in [0.15, 0.2) is 5.69 Å². The number of rotatable bonds is 3. The lowest BCUT2D eigenvalue weighted by atomic mass is 10.1. The minimum absolute atomic E-state index is 0.0842. The second-order valence-corrected chi connectivity index (χ2v) is 4.00.